The monoisotopic (exact) mass is 270 g/mol. The van der Waals surface area contributed by atoms with Gasteiger partial charge in [-0.25, -0.2) is 0 Å². The molecule has 0 radical (unpaired) electrons. The van der Waals surface area contributed by atoms with E-state index in [1.54, 1.807) is 7.05 Å². The molecule has 0 spiro atoms. The molecule has 1 unspecified atom stereocenters. The maximum Gasteiger partial charge on any atom is 0.237 e. The lowest BCUT2D eigenvalue weighted by Crippen LogP contribution is -2.54. The zero-order chi connectivity index (χ0) is 14.5. The minimum Gasteiger partial charge on any atom is -0.359 e. The highest BCUT2D eigenvalue weighted by atomic mass is 16.2. The third-order valence-corrected chi connectivity index (χ3v) is 3.63. The number of nitrogens with zero attached hydrogens (tertiary/aromatic N) is 1. The highest BCUT2D eigenvalue weighted by Gasteiger charge is 2.29. The molecular weight excluding hydrogens is 244 g/mol. The Balaban J connectivity index is 2.43. The van der Waals surface area contributed by atoms with Gasteiger partial charge in [0.25, 0.3) is 0 Å². The van der Waals surface area contributed by atoms with Crippen LogP contribution in [0.5, 0.6) is 0 Å². The van der Waals surface area contributed by atoms with Crippen LogP contribution in [-0.4, -0.2) is 62.5 Å². The van der Waals surface area contributed by atoms with Crippen LogP contribution in [0.3, 0.4) is 0 Å². The number of amides is 2. The van der Waals surface area contributed by atoms with Crippen molar-refractivity contribution in [2.24, 2.45) is 5.41 Å². The maximum atomic E-state index is 12.1. The fourth-order valence-electron chi connectivity index (χ4n) is 2.11. The fraction of sp³-hybridized carbons (Fsp3) is 0.846. The van der Waals surface area contributed by atoms with E-state index in [0.717, 1.165) is 26.2 Å². The van der Waals surface area contributed by atoms with Crippen molar-refractivity contribution in [1.82, 2.24) is 20.9 Å². The number of piperazine rings is 1. The lowest BCUT2D eigenvalue weighted by Gasteiger charge is -2.32. The van der Waals surface area contributed by atoms with Gasteiger partial charge in [0.1, 0.15) is 0 Å². The van der Waals surface area contributed by atoms with Gasteiger partial charge < -0.3 is 16.0 Å². The minimum atomic E-state index is -0.590. The fourth-order valence-corrected chi connectivity index (χ4v) is 2.11. The van der Waals surface area contributed by atoms with Crippen LogP contribution in [0.4, 0.5) is 0 Å². The first-order chi connectivity index (χ1) is 8.88. The molecule has 0 aromatic rings. The van der Waals surface area contributed by atoms with E-state index in [-0.39, 0.29) is 17.9 Å². The van der Waals surface area contributed by atoms with Crippen molar-refractivity contribution in [3.63, 3.8) is 0 Å². The van der Waals surface area contributed by atoms with E-state index in [9.17, 15) is 9.59 Å². The van der Waals surface area contributed by atoms with E-state index in [2.05, 4.69) is 20.9 Å². The second-order valence-electron chi connectivity index (χ2n) is 5.64. The van der Waals surface area contributed by atoms with Crippen molar-refractivity contribution in [2.75, 3.05) is 39.8 Å². The van der Waals surface area contributed by atoms with Crippen LogP contribution in [0.25, 0.3) is 0 Å². The van der Waals surface area contributed by atoms with Crippen LogP contribution in [0.1, 0.15) is 20.8 Å². The van der Waals surface area contributed by atoms with Gasteiger partial charge in [-0.15, -0.1) is 0 Å². The summed E-state index contributed by atoms with van der Waals surface area (Å²) in [5, 5.41) is 8.75. The topological polar surface area (TPSA) is 73.5 Å². The van der Waals surface area contributed by atoms with Crippen LogP contribution in [0.2, 0.25) is 0 Å². The second kappa shape index (κ2) is 6.86. The van der Waals surface area contributed by atoms with E-state index >= 15 is 0 Å². The van der Waals surface area contributed by atoms with Crippen molar-refractivity contribution >= 4 is 11.8 Å². The van der Waals surface area contributed by atoms with Crippen LogP contribution >= 0.6 is 0 Å². The quantitative estimate of drug-likeness (QED) is 0.609. The van der Waals surface area contributed by atoms with Gasteiger partial charge in [0.15, 0.2) is 0 Å². The second-order valence-corrected chi connectivity index (χ2v) is 5.64. The van der Waals surface area contributed by atoms with Gasteiger partial charge in [0, 0.05) is 39.8 Å². The molecule has 0 saturated carbocycles. The van der Waals surface area contributed by atoms with Gasteiger partial charge in [0.2, 0.25) is 11.8 Å². The largest absolute Gasteiger partial charge is 0.359 e. The van der Waals surface area contributed by atoms with Crippen molar-refractivity contribution in [3.8, 4) is 0 Å². The lowest BCUT2D eigenvalue weighted by atomic mass is 9.92. The Bertz CT molecular complexity index is 325. The van der Waals surface area contributed by atoms with Gasteiger partial charge in [-0.3, -0.25) is 14.5 Å². The summed E-state index contributed by atoms with van der Waals surface area (Å²) in [6, 6.07) is -0.150. The lowest BCUT2D eigenvalue weighted by molar-refractivity contribution is -0.130. The molecule has 3 N–H and O–H groups in total. The van der Waals surface area contributed by atoms with E-state index in [1.165, 1.54) is 0 Å². The number of hydrogen-bond acceptors (Lipinski definition) is 4. The Morgan fingerprint density at radius 1 is 1.32 bits per heavy atom. The molecular formula is C13H26N4O2. The Labute approximate surface area is 115 Å². The maximum absolute atomic E-state index is 12.1. The summed E-state index contributed by atoms with van der Waals surface area (Å²) in [6.45, 7) is 9.50. The highest BCUT2D eigenvalue weighted by molar-refractivity contribution is 5.84. The van der Waals surface area contributed by atoms with Crippen molar-refractivity contribution < 1.29 is 9.59 Å². The molecule has 6 nitrogen and oxygen atoms in total. The zero-order valence-electron chi connectivity index (χ0n) is 12.4. The normalized spacial score (nSPS) is 18.7. The predicted octanol–water partition coefficient (Wildman–Crippen LogP) is -0.831. The summed E-state index contributed by atoms with van der Waals surface area (Å²) in [4.78, 5) is 25.9. The van der Waals surface area contributed by atoms with Crippen LogP contribution in [-0.2, 0) is 9.59 Å². The molecule has 110 valence electrons. The molecule has 19 heavy (non-hydrogen) atoms. The Morgan fingerprint density at radius 2 is 1.89 bits per heavy atom. The van der Waals surface area contributed by atoms with E-state index in [4.69, 9.17) is 0 Å². The molecule has 6 heteroatoms. The third kappa shape index (κ3) is 4.47. The van der Waals surface area contributed by atoms with Crippen LogP contribution in [0.15, 0.2) is 0 Å². The first-order valence-corrected chi connectivity index (χ1v) is 6.83. The van der Waals surface area contributed by atoms with Crippen molar-refractivity contribution in [1.29, 1.82) is 0 Å². The number of rotatable bonds is 5. The van der Waals surface area contributed by atoms with E-state index < -0.39 is 5.41 Å². The van der Waals surface area contributed by atoms with Gasteiger partial charge in [0.05, 0.1) is 11.5 Å². The number of nitrogens with one attached hydrogen (secondary N) is 3. The minimum absolute atomic E-state index is 0.0149. The van der Waals surface area contributed by atoms with E-state index in [1.807, 2.05) is 20.8 Å². The predicted molar refractivity (Wildman–Crippen MR) is 74.8 cm³/mol. The molecule has 0 aromatic carbocycles. The summed E-state index contributed by atoms with van der Waals surface area (Å²) in [6.07, 6.45) is 0. The van der Waals surface area contributed by atoms with Gasteiger partial charge >= 0.3 is 0 Å². The number of carbonyl (C=O) groups is 2. The van der Waals surface area contributed by atoms with Gasteiger partial charge in [-0.2, -0.15) is 0 Å². The van der Waals surface area contributed by atoms with Gasteiger partial charge in [-0.05, 0) is 20.8 Å². The molecule has 0 bridgehead atoms. The first-order valence-electron chi connectivity index (χ1n) is 6.83. The zero-order valence-corrected chi connectivity index (χ0v) is 12.4. The molecule has 1 heterocycles. The molecule has 2 amide bonds. The molecule has 0 aliphatic carbocycles. The summed E-state index contributed by atoms with van der Waals surface area (Å²) in [5.41, 5.74) is -0.590. The van der Waals surface area contributed by atoms with Crippen molar-refractivity contribution in [3.05, 3.63) is 0 Å². The SMILES string of the molecule is CNC(=O)C(C)(C)CNC(=O)C(C)N1CCNCC1. The standard InChI is InChI=1S/C13H26N4O2/c1-10(17-7-5-15-6-8-17)11(18)16-9-13(2,3)12(19)14-4/h10,15H,5-9H2,1-4H3,(H,14,19)(H,16,18). The average molecular weight is 270 g/mol. The Kier molecular flexibility index (Phi) is 5.75. The average Bonchev–Trinajstić information content (AvgIpc) is 2.43. The first kappa shape index (κ1) is 15.9. The van der Waals surface area contributed by atoms with E-state index in [0.29, 0.717) is 6.54 Å². The smallest absolute Gasteiger partial charge is 0.237 e. The van der Waals surface area contributed by atoms with Gasteiger partial charge in [-0.1, -0.05) is 0 Å². The number of carbonyl (C=O) groups excluding carboxylic acids is 2. The Hall–Kier alpha value is -1.14. The highest BCUT2D eigenvalue weighted by Crippen LogP contribution is 2.13. The third-order valence-electron chi connectivity index (χ3n) is 3.63. The van der Waals surface area contributed by atoms with Crippen LogP contribution < -0.4 is 16.0 Å². The summed E-state index contributed by atoms with van der Waals surface area (Å²) >= 11 is 0. The molecule has 1 atom stereocenters. The Morgan fingerprint density at radius 3 is 2.42 bits per heavy atom. The molecule has 1 rings (SSSR count). The molecule has 1 aliphatic rings. The number of hydrogen-bond donors (Lipinski definition) is 3. The van der Waals surface area contributed by atoms with Crippen LogP contribution in [0, 0.1) is 5.41 Å². The molecule has 0 aromatic heterocycles. The summed E-state index contributed by atoms with van der Waals surface area (Å²) in [7, 11) is 1.61. The van der Waals surface area contributed by atoms with Crippen molar-refractivity contribution in [2.45, 2.75) is 26.8 Å². The summed E-state index contributed by atoms with van der Waals surface area (Å²) in [5.74, 6) is -0.0819. The molecule has 1 fully saturated rings. The molecule has 1 saturated heterocycles. The summed E-state index contributed by atoms with van der Waals surface area (Å²) < 4.78 is 0. The molecule has 1 aliphatic heterocycles.